The van der Waals surface area contributed by atoms with Gasteiger partial charge in [0.15, 0.2) is 0 Å². The molecule has 2 aromatic carbocycles. The van der Waals surface area contributed by atoms with Gasteiger partial charge in [-0.1, -0.05) is 61.0 Å². The molecule has 0 N–H and O–H groups in total. The second kappa shape index (κ2) is 6.23. The predicted molar refractivity (Wildman–Crippen MR) is 93.8 cm³/mol. The molecule has 0 aliphatic rings. The monoisotopic (exact) mass is 346 g/mol. The van der Waals surface area contributed by atoms with Crippen LogP contribution in [0.2, 0.25) is 0 Å². The molecule has 0 aliphatic heterocycles. The van der Waals surface area contributed by atoms with Crippen molar-refractivity contribution in [3.8, 4) is 11.5 Å². The highest BCUT2D eigenvalue weighted by Gasteiger charge is 2.19. The van der Waals surface area contributed by atoms with Crippen LogP contribution in [0.4, 0.5) is 0 Å². The topological polar surface area (TPSA) is 9.23 Å². The van der Waals surface area contributed by atoms with Crippen molar-refractivity contribution in [2.45, 2.75) is 45.4 Å². The second-order valence-electron chi connectivity index (χ2n) is 6.59. The summed E-state index contributed by atoms with van der Waals surface area (Å²) in [6.45, 7) is 10.8. The summed E-state index contributed by atoms with van der Waals surface area (Å²) in [5.74, 6) is 1.88. The van der Waals surface area contributed by atoms with Gasteiger partial charge in [0.25, 0.3) is 0 Å². The fourth-order valence-electron chi connectivity index (χ4n) is 2.36. The molecule has 112 valence electrons. The number of rotatable bonds is 3. The van der Waals surface area contributed by atoms with E-state index in [1.54, 1.807) is 0 Å². The molecule has 0 saturated heterocycles. The van der Waals surface area contributed by atoms with E-state index in [1.165, 1.54) is 16.7 Å². The Morgan fingerprint density at radius 2 is 1.67 bits per heavy atom. The van der Waals surface area contributed by atoms with Gasteiger partial charge in [0.1, 0.15) is 11.5 Å². The average Bonchev–Trinajstić information content (AvgIpc) is 2.39. The van der Waals surface area contributed by atoms with E-state index < -0.39 is 0 Å². The predicted octanol–water partition coefficient (Wildman–Crippen LogP) is 6.29. The Morgan fingerprint density at radius 1 is 0.952 bits per heavy atom. The van der Waals surface area contributed by atoms with E-state index in [4.69, 9.17) is 4.74 Å². The molecule has 1 nitrogen and oxygen atoms in total. The molecule has 0 saturated carbocycles. The average molecular weight is 347 g/mol. The maximum absolute atomic E-state index is 6.23. The lowest BCUT2D eigenvalue weighted by atomic mass is 9.86. The molecular formula is C19H23BrO. The lowest BCUT2D eigenvalue weighted by molar-refractivity contribution is 0.452. The molecule has 0 unspecified atom stereocenters. The molecular weight excluding hydrogens is 324 g/mol. The van der Waals surface area contributed by atoms with Crippen LogP contribution >= 0.6 is 15.9 Å². The summed E-state index contributed by atoms with van der Waals surface area (Å²) >= 11 is 3.49. The Balaban J connectivity index is 2.41. The van der Waals surface area contributed by atoms with Crippen molar-refractivity contribution >= 4 is 15.9 Å². The molecule has 0 fully saturated rings. The van der Waals surface area contributed by atoms with Gasteiger partial charge in [-0.05, 0) is 48.1 Å². The highest BCUT2D eigenvalue weighted by Crippen LogP contribution is 2.36. The molecule has 0 heterocycles. The molecule has 2 heteroatoms. The van der Waals surface area contributed by atoms with Crippen LogP contribution < -0.4 is 4.74 Å². The Bertz CT molecular complexity index is 638. The van der Waals surface area contributed by atoms with Crippen molar-refractivity contribution < 1.29 is 4.74 Å². The quantitative estimate of drug-likeness (QED) is 0.593. The van der Waals surface area contributed by atoms with E-state index in [-0.39, 0.29) is 5.41 Å². The standard InChI is InChI=1S/C19H23BrO/c1-13-6-8-16(19(3,4)5)18(10-13)21-17-9-7-15(12-20)11-14(17)2/h6-11H,12H2,1-5H3. The highest BCUT2D eigenvalue weighted by atomic mass is 79.9. The summed E-state index contributed by atoms with van der Waals surface area (Å²) < 4.78 is 6.23. The first kappa shape index (κ1) is 16.1. The zero-order valence-corrected chi connectivity index (χ0v) is 15.0. The van der Waals surface area contributed by atoms with Gasteiger partial charge in [-0.25, -0.2) is 0 Å². The number of ether oxygens (including phenoxy) is 1. The molecule has 0 atom stereocenters. The Morgan fingerprint density at radius 3 is 2.24 bits per heavy atom. The van der Waals surface area contributed by atoms with Crippen LogP contribution in [0.1, 0.15) is 43.0 Å². The summed E-state index contributed by atoms with van der Waals surface area (Å²) in [7, 11) is 0. The van der Waals surface area contributed by atoms with Crippen molar-refractivity contribution in [3.05, 3.63) is 58.7 Å². The summed E-state index contributed by atoms with van der Waals surface area (Å²) in [6.07, 6.45) is 0. The van der Waals surface area contributed by atoms with Gasteiger partial charge in [-0.15, -0.1) is 0 Å². The maximum atomic E-state index is 6.23. The summed E-state index contributed by atoms with van der Waals surface area (Å²) in [5.41, 5.74) is 4.94. The van der Waals surface area contributed by atoms with Crippen LogP contribution in [0.25, 0.3) is 0 Å². The number of alkyl halides is 1. The van der Waals surface area contributed by atoms with Crippen LogP contribution in [0, 0.1) is 13.8 Å². The van der Waals surface area contributed by atoms with E-state index in [1.807, 2.05) is 0 Å². The first-order valence-corrected chi connectivity index (χ1v) is 8.38. The van der Waals surface area contributed by atoms with Gasteiger partial charge in [0.2, 0.25) is 0 Å². The van der Waals surface area contributed by atoms with Crippen LogP contribution in [-0.4, -0.2) is 0 Å². The van der Waals surface area contributed by atoms with Crippen LogP contribution in [-0.2, 0) is 10.7 Å². The molecule has 21 heavy (non-hydrogen) atoms. The third-order valence-corrected chi connectivity index (χ3v) is 4.21. The Labute approximate surface area is 136 Å². The summed E-state index contributed by atoms with van der Waals surface area (Å²) in [4.78, 5) is 0. The third kappa shape index (κ3) is 3.88. The molecule has 0 aliphatic carbocycles. The van der Waals surface area contributed by atoms with Gasteiger partial charge in [-0.3, -0.25) is 0 Å². The van der Waals surface area contributed by atoms with Crippen LogP contribution in [0.5, 0.6) is 11.5 Å². The summed E-state index contributed by atoms with van der Waals surface area (Å²) in [6, 6.07) is 12.8. The first-order valence-electron chi connectivity index (χ1n) is 7.26. The fourth-order valence-corrected chi connectivity index (χ4v) is 2.71. The van der Waals surface area contributed by atoms with E-state index in [0.717, 1.165) is 22.4 Å². The van der Waals surface area contributed by atoms with E-state index in [2.05, 4.69) is 86.9 Å². The summed E-state index contributed by atoms with van der Waals surface area (Å²) in [5, 5.41) is 0.867. The van der Waals surface area contributed by atoms with Gasteiger partial charge < -0.3 is 4.74 Å². The largest absolute Gasteiger partial charge is 0.457 e. The minimum atomic E-state index is 0.0622. The molecule has 0 radical (unpaired) electrons. The maximum Gasteiger partial charge on any atom is 0.131 e. The minimum absolute atomic E-state index is 0.0622. The van der Waals surface area contributed by atoms with Crippen LogP contribution in [0.3, 0.4) is 0 Å². The van der Waals surface area contributed by atoms with E-state index >= 15 is 0 Å². The molecule has 0 spiro atoms. The van der Waals surface area contributed by atoms with Crippen molar-refractivity contribution in [2.75, 3.05) is 0 Å². The Kier molecular flexibility index (Phi) is 4.77. The lowest BCUT2D eigenvalue weighted by Crippen LogP contribution is -2.12. The molecule has 0 bridgehead atoms. The SMILES string of the molecule is Cc1ccc(C(C)(C)C)c(Oc2ccc(CBr)cc2C)c1. The van der Waals surface area contributed by atoms with Gasteiger partial charge in [0, 0.05) is 10.9 Å². The van der Waals surface area contributed by atoms with Crippen molar-refractivity contribution in [3.63, 3.8) is 0 Å². The number of halogens is 1. The van der Waals surface area contributed by atoms with Crippen molar-refractivity contribution in [1.29, 1.82) is 0 Å². The third-order valence-electron chi connectivity index (χ3n) is 3.56. The van der Waals surface area contributed by atoms with E-state index in [0.29, 0.717) is 0 Å². The second-order valence-corrected chi connectivity index (χ2v) is 7.15. The Hall–Kier alpha value is -1.28. The normalized spacial score (nSPS) is 11.5. The van der Waals surface area contributed by atoms with Gasteiger partial charge in [-0.2, -0.15) is 0 Å². The van der Waals surface area contributed by atoms with Crippen molar-refractivity contribution in [2.24, 2.45) is 0 Å². The van der Waals surface area contributed by atoms with E-state index in [9.17, 15) is 0 Å². The van der Waals surface area contributed by atoms with Gasteiger partial charge >= 0.3 is 0 Å². The minimum Gasteiger partial charge on any atom is -0.457 e. The molecule has 0 amide bonds. The zero-order valence-electron chi connectivity index (χ0n) is 13.5. The van der Waals surface area contributed by atoms with Crippen molar-refractivity contribution in [1.82, 2.24) is 0 Å². The van der Waals surface area contributed by atoms with Gasteiger partial charge in [0.05, 0.1) is 0 Å². The molecule has 0 aromatic heterocycles. The number of benzene rings is 2. The van der Waals surface area contributed by atoms with Crippen LogP contribution in [0.15, 0.2) is 36.4 Å². The molecule has 2 aromatic rings. The lowest BCUT2D eigenvalue weighted by Gasteiger charge is -2.23. The number of hydrogen-bond acceptors (Lipinski definition) is 1. The number of hydrogen-bond donors (Lipinski definition) is 0. The number of aryl methyl sites for hydroxylation is 2. The smallest absolute Gasteiger partial charge is 0.131 e. The first-order chi connectivity index (χ1) is 9.81. The fraction of sp³-hybridized carbons (Fsp3) is 0.368. The highest BCUT2D eigenvalue weighted by molar-refractivity contribution is 9.08. The zero-order chi connectivity index (χ0) is 15.6. The molecule has 2 rings (SSSR count).